The molecule has 2 aromatic heterocycles. The Kier molecular flexibility index (Phi) is 5.08. The van der Waals surface area contributed by atoms with Gasteiger partial charge in [0.05, 0.1) is 23.1 Å². The van der Waals surface area contributed by atoms with Crippen molar-refractivity contribution in [3.05, 3.63) is 69.0 Å². The molecule has 1 aliphatic heterocycles. The van der Waals surface area contributed by atoms with Crippen LogP contribution < -0.4 is 0 Å². The Labute approximate surface area is 173 Å². The van der Waals surface area contributed by atoms with Crippen molar-refractivity contribution >= 4 is 28.8 Å². The molecular formula is C21H21ClN4OS. The van der Waals surface area contributed by atoms with Crippen LogP contribution in [0.15, 0.2) is 43.0 Å². The summed E-state index contributed by atoms with van der Waals surface area (Å²) in [4.78, 5) is 17.0. The van der Waals surface area contributed by atoms with Crippen LogP contribution in [0.5, 0.6) is 0 Å². The first-order valence-corrected chi connectivity index (χ1v) is 10.4. The van der Waals surface area contributed by atoms with Gasteiger partial charge in [-0.2, -0.15) is 15.0 Å². The van der Waals surface area contributed by atoms with Gasteiger partial charge in [-0.1, -0.05) is 42.4 Å². The fourth-order valence-electron chi connectivity index (χ4n) is 3.78. The van der Waals surface area contributed by atoms with Crippen molar-refractivity contribution in [1.82, 2.24) is 19.9 Å². The van der Waals surface area contributed by atoms with Gasteiger partial charge in [0.25, 0.3) is 0 Å². The maximum absolute atomic E-state index is 12.4. The van der Waals surface area contributed by atoms with E-state index in [4.69, 9.17) is 11.6 Å². The number of hydrogen-bond donors (Lipinski definition) is 0. The second-order valence-electron chi connectivity index (χ2n) is 6.81. The topological polar surface area (TPSA) is 51.0 Å². The quantitative estimate of drug-likeness (QED) is 0.586. The summed E-state index contributed by atoms with van der Waals surface area (Å²) in [5.74, 6) is -0.0375. The molecule has 3 aromatic rings. The minimum atomic E-state index is -0.0641. The molecule has 28 heavy (non-hydrogen) atoms. The van der Waals surface area contributed by atoms with Crippen LogP contribution in [0.4, 0.5) is 0 Å². The number of fused-ring (bicyclic) bond motifs is 1. The standard InChI is InChI=1S/C21H21ClN4OS/c1-4-20(27)25-11-17(16-10-19(22)28-18(16)12-25)14-8-6-7-9-15(14)21-13(3)23-26(5-2)24-21/h4,6-10,17H,1,5,11-12H2,2-3H3/t17-/m0/s1. The normalized spacial score (nSPS) is 16.1. The highest BCUT2D eigenvalue weighted by Crippen LogP contribution is 2.42. The van der Waals surface area contributed by atoms with Gasteiger partial charge in [0, 0.05) is 22.9 Å². The summed E-state index contributed by atoms with van der Waals surface area (Å²) < 4.78 is 0.744. The van der Waals surface area contributed by atoms with Crippen molar-refractivity contribution < 1.29 is 4.79 Å². The first-order chi connectivity index (χ1) is 13.5. The molecule has 5 nitrogen and oxygen atoms in total. The number of thiophene rings is 1. The Morgan fingerprint density at radius 1 is 1.36 bits per heavy atom. The first kappa shape index (κ1) is 18.9. The largest absolute Gasteiger partial charge is 0.333 e. The minimum Gasteiger partial charge on any atom is -0.333 e. The monoisotopic (exact) mass is 412 g/mol. The molecule has 0 unspecified atom stereocenters. The van der Waals surface area contributed by atoms with E-state index in [9.17, 15) is 4.79 Å². The van der Waals surface area contributed by atoms with E-state index in [-0.39, 0.29) is 11.8 Å². The summed E-state index contributed by atoms with van der Waals surface area (Å²) in [5.41, 5.74) is 5.15. The minimum absolute atomic E-state index is 0.0266. The molecule has 1 atom stereocenters. The molecule has 1 aromatic carbocycles. The Morgan fingerprint density at radius 2 is 2.14 bits per heavy atom. The van der Waals surface area contributed by atoms with Crippen LogP contribution in [-0.2, 0) is 17.9 Å². The van der Waals surface area contributed by atoms with Crippen LogP contribution >= 0.6 is 22.9 Å². The third-order valence-corrected chi connectivity index (χ3v) is 6.37. The summed E-state index contributed by atoms with van der Waals surface area (Å²) in [6.07, 6.45) is 1.38. The van der Waals surface area contributed by atoms with Gasteiger partial charge in [-0.05, 0) is 37.1 Å². The molecule has 0 spiro atoms. The van der Waals surface area contributed by atoms with E-state index in [1.54, 1.807) is 4.80 Å². The number of amides is 1. The molecule has 0 radical (unpaired) electrons. The number of benzene rings is 1. The smallest absolute Gasteiger partial charge is 0.246 e. The predicted octanol–water partition coefficient (Wildman–Crippen LogP) is 4.65. The van der Waals surface area contributed by atoms with Crippen LogP contribution in [0.1, 0.15) is 34.5 Å². The number of nitrogens with zero attached hydrogens (tertiary/aromatic N) is 4. The zero-order valence-electron chi connectivity index (χ0n) is 15.9. The van der Waals surface area contributed by atoms with E-state index in [2.05, 4.69) is 28.9 Å². The van der Waals surface area contributed by atoms with E-state index in [0.29, 0.717) is 13.1 Å². The first-order valence-electron chi connectivity index (χ1n) is 9.22. The summed E-state index contributed by atoms with van der Waals surface area (Å²) in [5, 5.41) is 9.18. The summed E-state index contributed by atoms with van der Waals surface area (Å²) in [7, 11) is 0. The fraction of sp³-hybridized carbons (Fsp3) is 0.286. The van der Waals surface area contributed by atoms with Gasteiger partial charge in [0.2, 0.25) is 5.91 Å². The van der Waals surface area contributed by atoms with E-state index < -0.39 is 0 Å². The number of aromatic nitrogens is 3. The SMILES string of the molecule is C=CC(=O)N1Cc2sc(Cl)cc2[C@H](c2ccccc2-c2nn(CC)nc2C)C1. The van der Waals surface area contributed by atoms with Gasteiger partial charge < -0.3 is 4.90 Å². The number of carbonyl (C=O) groups excluding carboxylic acids is 1. The van der Waals surface area contributed by atoms with Crippen LogP contribution in [0, 0.1) is 6.92 Å². The van der Waals surface area contributed by atoms with Crippen LogP contribution in [0.3, 0.4) is 0 Å². The van der Waals surface area contributed by atoms with E-state index in [0.717, 1.165) is 38.3 Å². The van der Waals surface area contributed by atoms with Crippen LogP contribution in [-0.4, -0.2) is 32.3 Å². The second-order valence-corrected chi connectivity index (χ2v) is 8.58. The Balaban J connectivity index is 1.85. The summed E-state index contributed by atoms with van der Waals surface area (Å²) in [6.45, 7) is 9.53. The molecule has 0 saturated heterocycles. The molecule has 4 rings (SSSR count). The zero-order chi connectivity index (χ0) is 19.8. The van der Waals surface area contributed by atoms with E-state index in [1.165, 1.54) is 23.0 Å². The number of hydrogen-bond acceptors (Lipinski definition) is 4. The van der Waals surface area contributed by atoms with Gasteiger partial charge in [0.15, 0.2) is 0 Å². The molecule has 3 heterocycles. The Bertz CT molecular complexity index is 1050. The Morgan fingerprint density at radius 3 is 2.86 bits per heavy atom. The highest BCUT2D eigenvalue weighted by molar-refractivity contribution is 7.16. The summed E-state index contributed by atoms with van der Waals surface area (Å²) >= 11 is 7.88. The second kappa shape index (κ2) is 7.53. The fourth-order valence-corrected chi connectivity index (χ4v) is 5.14. The lowest BCUT2D eigenvalue weighted by Gasteiger charge is -2.33. The van der Waals surface area contributed by atoms with Crippen molar-refractivity contribution in [3.8, 4) is 11.3 Å². The molecule has 0 aliphatic carbocycles. The van der Waals surface area contributed by atoms with Crippen LogP contribution in [0.2, 0.25) is 4.34 Å². The van der Waals surface area contributed by atoms with Crippen molar-refractivity contribution in [2.24, 2.45) is 0 Å². The predicted molar refractivity (Wildman–Crippen MR) is 113 cm³/mol. The van der Waals surface area contributed by atoms with Gasteiger partial charge in [-0.15, -0.1) is 11.3 Å². The molecular weight excluding hydrogens is 392 g/mol. The average Bonchev–Trinajstić information content (AvgIpc) is 3.27. The Hall–Kier alpha value is -2.44. The molecule has 144 valence electrons. The number of halogens is 1. The molecule has 0 N–H and O–H groups in total. The van der Waals surface area contributed by atoms with E-state index >= 15 is 0 Å². The maximum atomic E-state index is 12.4. The maximum Gasteiger partial charge on any atom is 0.246 e. The number of rotatable bonds is 4. The van der Waals surface area contributed by atoms with Gasteiger partial charge >= 0.3 is 0 Å². The summed E-state index contributed by atoms with van der Waals surface area (Å²) in [6, 6.07) is 10.3. The van der Waals surface area contributed by atoms with Crippen molar-refractivity contribution in [3.63, 3.8) is 0 Å². The van der Waals surface area contributed by atoms with Crippen LogP contribution in [0.25, 0.3) is 11.3 Å². The third kappa shape index (κ3) is 3.27. The molecule has 0 fully saturated rings. The molecule has 1 aliphatic rings. The van der Waals surface area contributed by atoms with Gasteiger partial charge in [-0.3, -0.25) is 4.79 Å². The van der Waals surface area contributed by atoms with Gasteiger partial charge in [-0.25, -0.2) is 0 Å². The molecule has 1 amide bonds. The molecule has 0 bridgehead atoms. The highest BCUT2D eigenvalue weighted by Gasteiger charge is 2.32. The lowest BCUT2D eigenvalue weighted by Crippen LogP contribution is -2.37. The van der Waals surface area contributed by atoms with Gasteiger partial charge in [0.1, 0.15) is 5.69 Å². The van der Waals surface area contributed by atoms with Crippen molar-refractivity contribution in [2.75, 3.05) is 6.54 Å². The number of aryl methyl sites for hydroxylation is 2. The zero-order valence-corrected chi connectivity index (χ0v) is 17.4. The lowest BCUT2D eigenvalue weighted by atomic mass is 9.84. The van der Waals surface area contributed by atoms with Crippen molar-refractivity contribution in [1.29, 1.82) is 0 Å². The average molecular weight is 413 g/mol. The lowest BCUT2D eigenvalue weighted by molar-refractivity contribution is -0.127. The molecule has 0 saturated carbocycles. The number of carbonyl (C=O) groups is 1. The third-order valence-electron chi connectivity index (χ3n) is 5.11. The van der Waals surface area contributed by atoms with Crippen molar-refractivity contribution in [2.45, 2.75) is 32.9 Å². The van der Waals surface area contributed by atoms with E-state index in [1.807, 2.05) is 36.9 Å². The molecule has 7 heteroatoms. The highest BCUT2D eigenvalue weighted by atomic mass is 35.5.